The van der Waals surface area contributed by atoms with Crippen LogP contribution in [0.25, 0.3) is 0 Å². The lowest BCUT2D eigenvalue weighted by Gasteiger charge is -2.34. The van der Waals surface area contributed by atoms with Crippen molar-refractivity contribution in [3.8, 4) is 0 Å². The van der Waals surface area contributed by atoms with Gasteiger partial charge in [0.1, 0.15) is 12.1 Å². The minimum atomic E-state index is 0.414. The molecule has 2 N–H and O–H groups in total. The maximum Gasteiger partial charge on any atom is 0.297 e. The largest absolute Gasteiger partial charge is 0.432 e. The molecule has 0 aromatic carbocycles. The fourth-order valence-electron chi connectivity index (χ4n) is 2.20. The maximum atomic E-state index is 5.53. The molecule has 0 atom stereocenters. The first kappa shape index (κ1) is 12.0. The number of piperazine rings is 1. The Morgan fingerprint density at radius 1 is 1.16 bits per heavy atom. The van der Waals surface area contributed by atoms with Crippen LogP contribution in [0.2, 0.25) is 0 Å². The number of anilines is 2. The molecule has 3 rings (SSSR count). The fourth-order valence-corrected chi connectivity index (χ4v) is 2.20. The van der Waals surface area contributed by atoms with E-state index in [9.17, 15) is 0 Å². The van der Waals surface area contributed by atoms with Crippen molar-refractivity contribution in [2.45, 2.75) is 6.54 Å². The van der Waals surface area contributed by atoms with Crippen LogP contribution < -0.4 is 15.5 Å². The maximum absolute atomic E-state index is 5.53. The number of rotatable bonds is 3. The smallest absolute Gasteiger partial charge is 0.297 e. The summed E-state index contributed by atoms with van der Waals surface area (Å²) in [6.45, 7) is 3.99. The summed E-state index contributed by atoms with van der Waals surface area (Å²) < 4.78 is 5.44. The lowest BCUT2D eigenvalue weighted by molar-refractivity contribution is 0.515. The molecule has 0 bridgehead atoms. The Bertz CT molecular complexity index is 519. The molecule has 0 spiro atoms. The second kappa shape index (κ2) is 5.27. The van der Waals surface area contributed by atoms with Crippen molar-refractivity contribution >= 4 is 11.8 Å². The van der Waals surface area contributed by atoms with Crippen LogP contribution in [0.1, 0.15) is 5.69 Å². The minimum absolute atomic E-state index is 0.414. The van der Waals surface area contributed by atoms with E-state index in [4.69, 9.17) is 10.2 Å². The van der Waals surface area contributed by atoms with Gasteiger partial charge in [-0.3, -0.25) is 0 Å². The Morgan fingerprint density at radius 3 is 2.58 bits per heavy atom. The topological polar surface area (TPSA) is 71.4 Å². The summed E-state index contributed by atoms with van der Waals surface area (Å²) in [5.74, 6) is 1.03. The van der Waals surface area contributed by atoms with Gasteiger partial charge in [0.15, 0.2) is 0 Å². The van der Waals surface area contributed by atoms with Gasteiger partial charge in [0.2, 0.25) is 0 Å². The van der Waals surface area contributed by atoms with E-state index in [1.807, 2.05) is 24.4 Å². The first-order valence-electron chi connectivity index (χ1n) is 6.42. The molecule has 0 radical (unpaired) electrons. The molecule has 3 heterocycles. The normalized spacial score (nSPS) is 15.8. The number of nitrogens with zero attached hydrogens (tertiary/aromatic N) is 4. The van der Waals surface area contributed by atoms with Gasteiger partial charge in [-0.25, -0.2) is 4.98 Å². The molecule has 0 unspecified atom stereocenters. The third-order valence-electron chi connectivity index (χ3n) is 3.27. The van der Waals surface area contributed by atoms with Crippen LogP contribution in [0, 0.1) is 0 Å². The van der Waals surface area contributed by atoms with Gasteiger partial charge in [-0.2, -0.15) is 4.98 Å². The van der Waals surface area contributed by atoms with E-state index < -0.39 is 0 Å². The number of aromatic nitrogens is 2. The van der Waals surface area contributed by atoms with Gasteiger partial charge in [0, 0.05) is 38.9 Å². The van der Waals surface area contributed by atoms with E-state index in [0.29, 0.717) is 12.6 Å². The van der Waals surface area contributed by atoms with Crippen molar-refractivity contribution in [2.24, 2.45) is 5.73 Å². The van der Waals surface area contributed by atoms with Gasteiger partial charge in [0.05, 0.1) is 5.69 Å². The van der Waals surface area contributed by atoms with Crippen LogP contribution >= 0.6 is 0 Å². The highest BCUT2D eigenvalue weighted by Crippen LogP contribution is 2.18. The molecule has 100 valence electrons. The van der Waals surface area contributed by atoms with E-state index in [-0.39, 0.29) is 0 Å². The van der Waals surface area contributed by atoms with Gasteiger partial charge < -0.3 is 20.0 Å². The first-order valence-corrected chi connectivity index (χ1v) is 6.42. The molecule has 0 saturated carbocycles. The standard InChI is InChI=1S/C13H17N5O/c14-9-11-10-19-13(16-11)18-7-5-17(6-8-18)12-3-1-2-4-15-12/h1-4,10H,5-9,14H2. The van der Waals surface area contributed by atoms with Crippen molar-refractivity contribution in [2.75, 3.05) is 36.0 Å². The first-order chi connectivity index (χ1) is 9.36. The average molecular weight is 259 g/mol. The van der Waals surface area contributed by atoms with Crippen LogP contribution in [0.15, 0.2) is 35.1 Å². The monoisotopic (exact) mass is 259 g/mol. The lowest BCUT2D eigenvalue weighted by Crippen LogP contribution is -2.47. The molecule has 19 heavy (non-hydrogen) atoms. The summed E-state index contributed by atoms with van der Waals surface area (Å²) in [5.41, 5.74) is 6.33. The van der Waals surface area contributed by atoms with Crippen LogP contribution in [-0.2, 0) is 6.54 Å². The molecule has 6 nitrogen and oxygen atoms in total. The van der Waals surface area contributed by atoms with Gasteiger partial charge >= 0.3 is 0 Å². The zero-order valence-corrected chi connectivity index (χ0v) is 10.7. The van der Waals surface area contributed by atoms with E-state index in [2.05, 4.69) is 19.8 Å². The Balaban J connectivity index is 1.63. The molecule has 0 aliphatic carbocycles. The number of nitrogens with two attached hydrogens (primary N) is 1. The predicted molar refractivity (Wildman–Crippen MR) is 73.1 cm³/mol. The Hall–Kier alpha value is -2.08. The van der Waals surface area contributed by atoms with Gasteiger partial charge in [-0.15, -0.1) is 0 Å². The summed E-state index contributed by atoms with van der Waals surface area (Å²) >= 11 is 0. The van der Waals surface area contributed by atoms with Gasteiger partial charge in [0.25, 0.3) is 6.01 Å². The second-order valence-electron chi connectivity index (χ2n) is 4.49. The van der Waals surface area contributed by atoms with E-state index in [1.165, 1.54) is 0 Å². The third-order valence-corrected chi connectivity index (χ3v) is 3.27. The molecule has 1 aliphatic heterocycles. The van der Waals surface area contributed by atoms with Crippen LogP contribution in [-0.4, -0.2) is 36.1 Å². The number of oxazole rings is 1. The summed E-state index contributed by atoms with van der Waals surface area (Å²) in [5, 5.41) is 0. The fraction of sp³-hybridized carbons (Fsp3) is 0.385. The predicted octanol–water partition coefficient (Wildman–Crippen LogP) is 0.855. The molecule has 2 aromatic rings. The molecule has 1 fully saturated rings. The highest BCUT2D eigenvalue weighted by atomic mass is 16.4. The molecule has 1 saturated heterocycles. The van der Waals surface area contributed by atoms with Gasteiger partial charge in [-0.05, 0) is 12.1 Å². The van der Waals surface area contributed by atoms with Crippen molar-refractivity contribution in [3.63, 3.8) is 0 Å². The SMILES string of the molecule is NCc1coc(N2CCN(c3ccccn3)CC2)n1. The molecule has 2 aromatic heterocycles. The average Bonchev–Trinajstić information content (AvgIpc) is 2.97. The zero-order valence-electron chi connectivity index (χ0n) is 10.7. The van der Waals surface area contributed by atoms with Crippen LogP contribution in [0.3, 0.4) is 0 Å². The molecular weight excluding hydrogens is 242 g/mol. The number of pyridine rings is 1. The summed E-state index contributed by atoms with van der Waals surface area (Å²) in [4.78, 5) is 13.1. The van der Waals surface area contributed by atoms with E-state index in [1.54, 1.807) is 6.26 Å². The van der Waals surface area contributed by atoms with Crippen LogP contribution in [0.5, 0.6) is 0 Å². The second-order valence-corrected chi connectivity index (χ2v) is 4.49. The minimum Gasteiger partial charge on any atom is -0.432 e. The lowest BCUT2D eigenvalue weighted by atomic mass is 10.3. The summed E-state index contributed by atoms with van der Waals surface area (Å²) in [6, 6.07) is 6.64. The quantitative estimate of drug-likeness (QED) is 0.881. The van der Waals surface area contributed by atoms with E-state index in [0.717, 1.165) is 37.7 Å². The number of hydrogen-bond acceptors (Lipinski definition) is 6. The molecule has 0 amide bonds. The molecule has 1 aliphatic rings. The van der Waals surface area contributed by atoms with Crippen LogP contribution in [0.4, 0.5) is 11.8 Å². The zero-order chi connectivity index (χ0) is 13.1. The van der Waals surface area contributed by atoms with Gasteiger partial charge in [-0.1, -0.05) is 6.07 Å². The summed E-state index contributed by atoms with van der Waals surface area (Å²) in [7, 11) is 0. The Morgan fingerprint density at radius 2 is 1.95 bits per heavy atom. The Kier molecular flexibility index (Phi) is 3.33. The Labute approximate surface area is 111 Å². The molecule has 6 heteroatoms. The van der Waals surface area contributed by atoms with Crippen molar-refractivity contribution in [1.82, 2.24) is 9.97 Å². The third kappa shape index (κ3) is 2.53. The summed E-state index contributed by atoms with van der Waals surface area (Å²) in [6.07, 6.45) is 3.45. The highest BCUT2D eigenvalue weighted by Gasteiger charge is 2.21. The highest BCUT2D eigenvalue weighted by molar-refractivity contribution is 5.41. The van der Waals surface area contributed by atoms with E-state index >= 15 is 0 Å². The van der Waals surface area contributed by atoms with Crippen molar-refractivity contribution in [3.05, 3.63) is 36.4 Å². The number of hydrogen-bond donors (Lipinski definition) is 1. The molecular formula is C13H17N5O. The van der Waals surface area contributed by atoms with Crippen molar-refractivity contribution in [1.29, 1.82) is 0 Å². The van der Waals surface area contributed by atoms with Crippen molar-refractivity contribution < 1.29 is 4.42 Å².